The fourth-order valence-corrected chi connectivity index (χ4v) is 5.85. The zero-order valence-electron chi connectivity index (χ0n) is 25.6. The first-order valence-electron chi connectivity index (χ1n) is 14.6. The van der Waals surface area contributed by atoms with Crippen molar-refractivity contribution in [2.24, 2.45) is 0 Å². The van der Waals surface area contributed by atoms with E-state index in [1.165, 1.54) is 14.2 Å². The largest absolute Gasteiger partial charge is 0.496 e. The van der Waals surface area contributed by atoms with Gasteiger partial charge in [-0.2, -0.15) is 0 Å². The van der Waals surface area contributed by atoms with Crippen molar-refractivity contribution in [1.29, 1.82) is 0 Å². The molecule has 0 bridgehead atoms. The van der Waals surface area contributed by atoms with Crippen molar-refractivity contribution >= 4 is 22.8 Å². The maximum absolute atomic E-state index is 13.8. The standard InChI is InChI=1S/C36H39NO6/c1-23(27-16-11-13-24-12-7-8-14-28(24)27)37(35(39)43-36(2,3)4)22-26-21-30(29-15-9-10-17-33(29)42-26)25-18-19-32(40-5)31(20-25)34(38)41-6/h7-20,23,26,30H,21-22H2,1-6H3/t23-,26-,30?/m1/s1. The minimum Gasteiger partial charge on any atom is -0.496 e. The number of para-hydroxylation sites is 1. The van der Waals surface area contributed by atoms with E-state index >= 15 is 0 Å². The summed E-state index contributed by atoms with van der Waals surface area (Å²) in [4.78, 5) is 28.2. The molecule has 0 N–H and O–H groups in total. The van der Waals surface area contributed by atoms with Gasteiger partial charge in [-0.15, -0.1) is 0 Å². The minimum absolute atomic E-state index is 0.0855. The highest BCUT2D eigenvalue weighted by Crippen LogP contribution is 2.42. The maximum atomic E-state index is 13.8. The number of methoxy groups -OCH3 is 2. The van der Waals surface area contributed by atoms with Gasteiger partial charge in [-0.25, -0.2) is 9.59 Å². The molecule has 0 saturated carbocycles. The van der Waals surface area contributed by atoms with Crippen molar-refractivity contribution in [1.82, 2.24) is 4.90 Å². The van der Waals surface area contributed by atoms with Gasteiger partial charge in [0.1, 0.15) is 28.8 Å². The number of hydrogen-bond acceptors (Lipinski definition) is 6. The number of benzene rings is 4. The molecule has 1 unspecified atom stereocenters. The number of amides is 1. The van der Waals surface area contributed by atoms with E-state index in [1.807, 2.05) is 82.3 Å². The highest BCUT2D eigenvalue weighted by atomic mass is 16.6. The lowest BCUT2D eigenvalue weighted by Crippen LogP contribution is -2.45. The van der Waals surface area contributed by atoms with Gasteiger partial charge >= 0.3 is 12.1 Å². The van der Waals surface area contributed by atoms with Gasteiger partial charge in [-0.3, -0.25) is 4.90 Å². The monoisotopic (exact) mass is 581 g/mol. The lowest BCUT2D eigenvalue weighted by Gasteiger charge is -2.38. The highest BCUT2D eigenvalue weighted by molar-refractivity contribution is 5.92. The Labute approximate surface area is 253 Å². The van der Waals surface area contributed by atoms with Crippen molar-refractivity contribution < 1.29 is 28.5 Å². The molecule has 4 aromatic rings. The molecule has 0 aliphatic carbocycles. The molecule has 1 aliphatic rings. The van der Waals surface area contributed by atoms with E-state index in [0.717, 1.165) is 33.2 Å². The van der Waals surface area contributed by atoms with Gasteiger partial charge in [0.2, 0.25) is 0 Å². The van der Waals surface area contributed by atoms with E-state index in [-0.39, 0.29) is 18.1 Å². The quantitative estimate of drug-likeness (QED) is 0.207. The molecule has 3 atom stereocenters. The van der Waals surface area contributed by atoms with E-state index in [9.17, 15) is 9.59 Å². The number of fused-ring (bicyclic) bond motifs is 2. The summed E-state index contributed by atoms with van der Waals surface area (Å²) in [5.74, 6) is 0.655. The van der Waals surface area contributed by atoms with Gasteiger partial charge in [0, 0.05) is 11.5 Å². The Balaban J connectivity index is 1.52. The van der Waals surface area contributed by atoms with E-state index in [0.29, 0.717) is 24.3 Å². The zero-order chi connectivity index (χ0) is 30.7. The third-order valence-electron chi connectivity index (χ3n) is 7.89. The first-order valence-corrected chi connectivity index (χ1v) is 14.6. The Morgan fingerprint density at radius 3 is 2.42 bits per heavy atom. The average Bonchev–Trinajstić information content (AvgIpc) is 3.01. The van der Waals surface area contributed by atoms with E-state index < -0.39 is 17.7 Å². The van der Waals surface area contributed by atoms with Crippen LogP contribution in [0.1, 0.15) is 73.1 Å². The van der Waals surface area contributed by atoms with E-state index in [1.54, 1.807) is 11.0 Å². The van der Waals surface area contributed by atoms with Crippen molar-refractivity contribution in [3.8, 4) is 11.5 Å². The zero-order valence-corrected chi connectivity index (χ0v) is 25.6. The second-order valence-corrected chi connectivity index (χ2v) is 11.9. The minimum atomic E-state index is -0.663. The topological polar surface area (TPSA) is 74.3 Å². The first kappa shape index (κ1) is 30.0. The Morgan fingerprint density at radius 1 is 0.953 bits per heavy atom. The van der Waals surface area contributed by atoms with Crippen molar-refractivity contribution in [2.75, 3.05) is 20.8 Å². The Morgan fingerprint density at radius 2 is 1.67 bits per heavy atom. The molecule has 1 heterocycles. The van der Waals surface area contributed by atoms with Crippen LogP contribution in [0, 0.1) is 0 Å². The molecular formula is C36H39NO6. The van der Waals surface area contributed by atoms with Gasteiger partial charge in [0.25, 0.3) is 0 Å². The molecule has 1 amide bonds. The molecule has 0 radical (unpaired) electrons. The molecule has 0 spiro atoms. The third-order valence-corrected chi connectivity index (χ3v) is 7.89. The molecule has 0 saturated heterocycles. The Hall–Kier alpha value is -4.52. The molecule has 0 fully saturated rings. The smallest absolute Gasteiger partial charge is 0.410 e. The lowest BCUT2D eigenvalue weighted by molar-refractivity contribution is 0.00569. The SMILES string of the molecule is COC(=O)c1cc(C2C[C@H](CN(C(=O)OC(C)(C)C)[C@H](C)c3cccc4ccccc34)Oc3ccccc32)ccc1OC. The fraction of sp³-hybridized carbons (Fsp3) is 0.333. The summed E-state index contributed by atoms with van der Waals surface area (Å²) >= 11 is 0. The summed E-state index contributed by atoms with van der Waals surface area (Å²) in [6, 6.07) is 27.6. The van der Waals surface area contributed by atoms with Crippen LogP contribution >= 0.6 is 0 Å². The summed E-state index contributed by atoms with van der Waals surface area (Å²) in [6.45, 7) is 7.96. The summed E-state index contributed by atoms with van der Waals surface area (Å²) < 4.78 is 22.9. The predicted molar refractivity (Wildman–Crippen MR) is 167 cm³/mol. The van der Waals surface area contributed by atoms with Crippen LogP contribution in [0.25, 0.3) is 10.8 Å². The number of carbonyl (C=O) groups excluding carboxylic acids is 2. The van der Waals surface area contributed by atoms with Crippen molar-refractivity contribution in [3.63, 3.8) is 0 Å². The van der Waals surface area contributed by atoms with Crippen LogP contribution in [0.3, 0.4) is 0 Å². The molecule has 0 aromatic heterocycles. The van der Waals surface area contributed by atoms with Crippen LogP contribution in [-0.2, 0) is 9.47 Å². The van der Waals surface area contributed by atoms with Gasteiger partial charge in [-0.1, -0.05) is 66.7 Å². The van der Waals surface area contributed by atoms with Crippen LogP contribution in [0.15, 0.2) is 84.9 Å². The molecule has 43 heavy (non-hydrogen) atoms. The van der Waals surface area contributed by atoms with Crippen LogP contribution in [0.5, 0.6) is 11.5 Å². The summed E-state index contributed by atoms with van der Waals surface area (Å²) in [5.41, 5.74) is 2.69. The van der Waals surface area contributed by atoms with Gasteiger partial charge in [0.05, 0.1) is 26.8 Å². The molecule has 224 valence electrons. The molecule has 7 heteroatoms. The summed E-state index contributed by atoms with van der Waals surface area (Å²) in [5, 5.41) is 2.20. The van der Waals surface area contributed by atoms with Gasteiger partial charge in [0.15, 0.2) is 0 Å². The van der Waals surface area contributed by atoms with E-state index in [2.05, 4.69) is 24.3 Å². The van der Waals surface area contributed by atoms with Crippen LogP contribution in [-0.4, -0.2) is 49.4 Å². The second kappa shape index (κ2) is 12.4. The number of rotatable bonds is 7. The van der Waals surface area contributed by atoms with Crippen LogP contribution in [0.4, 0.5) is 4.79 Å². The summed E-state index contributed by atoms with van der Waals surface area (Å²) in [7, 11) is 2.89. The number of hydrogen-bond donors (Lipinski definition) is 0. The Bertz CT molecular complexity index is 1620. The fourth-order valence-electron chi connectivity index (χ4n) is 5.85. The first-order chi connectivity index (χ1) is 20.6. The normalized spacial score (nSPS) is 16.9. The maximum Gasteiger partial charge on any atom is 0.410 e. The van der Waals surface area contributed by atoms with Gasteiger partial charge < -0.3 is 18.9 Å². The second-order valence-electron chi connectivity index (χ2n) is 11.9. The highest BCUT2D eigenvalue weighted by Gasteiger charge is 2.35. The summed E-state index contributed by atoms with van der Waals surface area (Å²) in [6.07, 6.45) is -0.149. The molecule has 7 nitrogen and oxygen atoms in total. The molecule has 1 aliphatic heterocycles. The third kappa shape index (κ3) is 6.46. The number of ether oxygens (including phenoxy) is 4. The van der Waals surface area contributed by atoms with Crippen molar-refractivity contribution in [3.05, 3.63) is 107 Å². The lowest BCUT2D eigenvalue weighted by atomic mass is 9.83. The molecule has 4 aromatic carbocycles. The number of carbonyl (C=O) groups is 2. The molecular weight excluding hydrogens is 542 g/mol. The Kier molecular flexibility index (Phi) is 8.62. The predicted octanol–water partition coefficient (Wildman–Crippen LogP) is 7.92. The number of nitrogens with zero attached hydrogens (tertiary/aromatic N) is 1. The van der Waals surface area contributed by atoms with Crippen LogP contribution in [0.2, 0.25) is 0 Å². The van der Waals surface area contributed by atoms with Crippen LogP contribution < -0.4 is 9.47 Å². The van der Waals surface area contributed by atoms with E-state index in [4.69, 9.17) is 18.9 Å². The van der Waals surface area contributed by atoms with Gasteiger partial charge in [-0.05, 0) is 74.2 Å². The number of esters is 1. The molecule has 5 rings (SSSR count). The van der Waals surface area contributed by atoms with Crippen molar-refractivity contribution in [2.45, 2.75) is 57.8 Å². The average molecular weight is 582 g/mol.